The number of carbonyl (C=O) groups excluding carboxylic acids is 4. The number of fused-ring (bicyclic) bond motifs is 5. The quantitative estimate of drug-likeness (QED) is 0.0867. The fourth-order valence-corrected chi connectivity index (χ4v) is 9.86. The Bertz CT molecular complexity index is 1550. The number of esters is 3. The normalized spacial score (nSPS) is 36.6. The highest BCUT2D eigenvalue weighted by Gasteiger charge is 2.73. The summed E-state index contributed by atoms with van der Waals surface area (Å²) in [5.41, 5.74) is -1.40. The number of Topliss-reactive ketones (excluding diaryl/α,β-unsaturated/α-hetero) is 1. The first-order chi connectivity index (χ1) is 23.9. The largest absolute Gasteiger partial charge is 0.455 e. The van der Waals surface area contributed by atoms with Crippen molar-refractivity contribution in [1.82, 2.24) is 5.48 Å². The van der Waals surface area contributed by atoms with E-state index in [1.54, 1.807) is 65.3 Å². The van der Waals surface area contributed by atoms with Crippen LogP contribution in [0.3, 0.4) is 0 Å². The second-order valence-corrected chi connectivity index (χ2v) is 15.8. The van der Waals surface area contributed by atoms with Crippen LogP contribution in [0.5, 0.6) is 0 Å². The van der Waals surface area contributed by atoms with Crippen LogP contribution in [0, 0.1) is 28.1 Å². The molecule has 12 nitrogen and oxygen atoms in total. The number of ketones is 1. The van der Waals surface area contributed by atoms with Crippen LogP contribution in [0.25, 0.3) is 0 Å². The molecule has 2 bridgehead atoms. The first-order valence-electron chi connectivity index (χ1n) is 18.1. The predicted molar refractivity (Wildman–Crippen MR) is 185 cm³/mol. The van der Waals surface area contributed by atoms with Gasteiger partial charge in [0.2, 0.25) is 0 Å². The summed E-state index contributed by atoms with van der Waals surface area (Å²) in [4.78, 5) is 55.2. The fourth-order valence-electron chi connectivity index (χ4n) is 9.86. The maximum Gasteiger partial charge on any atom is 0.347 e. The highest BCUT2D eigenvalue weighted by Crippen LogP contribution is 2.67. The molecule has 1 heterocycles. The third-order valence-electron chi connectivity index (χ3n) is 12.8. The predicted octanol–water partition coefficient (Wildman–Crippen LogP) is 3.41. The number of benzene rings is 1. The van der Waals surface area contributed by atoms with E-state index in [0.29, 0.717) is 23.3 Å². The zero-order valence-electron chi connectivity index (χ0n) is 30.9. The monoisotopic (exact) mass is 710 g/mol. The molecule has 2 saturated carbocycles. The standard InChI is InChI=1S/C38H53BNO11/c1-9-26(42)50-30-28-20(3)23(49-34(45)31(51-27(43)10-2)29(39-19-40-47)22-14-12-11-13-15-22)17-38(46,35(28,5)6)21(4)32-36(7)18-48-25(36)16-24(41)37(32,8)33(30)44/h11-15,21,23-25,29-32,40-41,46-47H,9-10,16-19H2,1-8H3/t21-,23-,24-,25+,29-,30+,31+,32+,36+,37+,38+/m0/s1. The number of rotatable bonds is 11. The summed E-state index contributed by atoms with van der Waals surface area (Å²) in [7, 11) is 1.60. The van der Waals surface area contributed by atoms with E-state index in [9.17, 15) is 29.8 Å². The summed E-state index contributed by atoms with van der Waals surface area (Å²) in [5, 5.41) is 34.3. The lowest BCUT2D eigenvalue weighted by atomic mass is 9.40. The molecule has 4 aliphatic rings. The molecule has 1 radical (unpaired) electrons. The van der Waals surface area contributed by atoms with Crippen LogP contribution in [0.15, 0.2) is 41.5 Å². The molecule has 1 aliphatic heterocycles. The van der Waals surface area contributed by atoms with Crippen molar-refractivity contribution in [2.45, 2.75) is 123 Å². The van der Waals surface area contributed by atoms with Gasteiger partial charge in [0.05, 0.1) is 29.8 Å². The second-order valence-electron chi connectivity index (χ2n) is 15.8. The van der Waals surface area contributed by atoms with Gasteiger partial charge < -0.3 is 34.4 Å². The first-order valence-corrected chi connectivity index (χ1v) is 18.1. The molecule has 279 valence electrons. The minimum Gasteiger partial charge on any atom is -0.455 e. The van der Waals surface area contributed by atoms with Gasteiger partial charge in [-0.15, -0.1) is 0 Å². The van der Waals surface area contributed by atoms with Crippen LogP contribution in [0.4, 0.5) is 0 Å². The zero-order chi connectivity index (χ0) is 37.7. The van der Waals surface area contributed by atoms with Crippen molar-refractivity contribution in [2.75, 3.05) is 13.1 Å². The number of hydrogen-bond donors (Lipinski definition) is 4. The van der Waals surface area contributed by atoms with Gasteiger partial charge in [0, 0.05) is 42.3 Å². The maximum atomic E-state index is 15.1. The van der Waals surface area contributed by atoms with Crippen molar-refractivity contribution in [1.29, 1.82) is 0 Å². The van der Waals surface area contributed by atoms with Gasteiger partial charge in [-0.25, -0.2) is 10.3 Å². The molecule has 1 aromatic carbocycles. The van der Waals surface area contributed by atoms with E-state index in [1.165, 1.54) is 0 Å². The third-order valence-corrected chi connectivity index (χ3v) is 12.8. The number of aliphatic hydroxyl groups excluding tert-OH is 1. The second kappa shape index (κ2) is 14.4. The maximum absolute atomic E-state index is 15.1. The lowest BCUT2D eigenvalue weighted by Gasteiger charge is -2.68. The summed E-state index contributed by atoms with van der Waals surface area (Å²) >= 11 is 0. The van der Waals surface area contributed by atoms with E-state index < -0.39 is 87.6 Å². The van der Waals surface area contributed by atoms with Crippen molar-refractivity contribution in [3.05, 3.63) is 47.0 Å². The van der Waals surface area contributed by atoms with Gasteiger partial charge >= 0.3 is 17.9 Å². The van der Waals surface area contributed by atoms with E-state index in [-0.39, 0.29) is 38.2 Å². The van der Waals surface area contributed by atoms with Gasteiger partial charge in [-0.2, -0.15) is 0 Å². The lowest BCUT2D eigenvalue weighted by Crippen LogP contribution is -2.75. The number of hydroxylamine groups is 1. The van der Waals surface area contributed by atoms with Crippen molar-refractivity contribution >= 4 is 31.0 Å². The Balaban J connectivity index is 1.66. The Morgan fingerprint density at radius 3 is 2.27 bits per heavy atom. The Hall–Kier alpha value is -3.10. The molecule has 51 heavy (non-hydrogen) atoms. The molecule has 3 fully saturated rings. The highest BCUT2D eigenvalue weighted by atomic mass is 16.6. The average molecular weight is 711 g/mol. The molecular weight excluding hydrogens is 657 g/mol. The molecule has 0 spiro atoms. The lowest BCUT2D eigenvalue weighted by molar-refractivity contribution is -0.302. The summed E-state index contributed by atoms with van der Waals surface area (Å²) < 4.78 is 23.9. The van der Waals surface area contributed by atoms with Crippen molar-refractivity contribution in [3.63, 3.8) is 0 Å². The molecule has 13 heteroatoms. The van der Waals surface area contributed by atoms with Crippen LogP contribution < -0.4 is 5.48 Å². The van der Waals surface area contributed by atoms with E-state index in [0.717, 1.165) is 0 Å². The van der Waals surface area contributed by atoms with Crippen molar-refractivity contribution in [3.8, 4) is 0 Å². The molecule has 1 saturated heterocycles. The number of nitrogens with one attached hydrogen (secondary N) is 1. The minimum absolute atomic E-state index is 0.0103. The Labute approximate surface area is 300 Å². The van der Waals surface area contributed by atoms with Gasteiger partial charge in [-0.3, -0.25) is 14.4 Å². The minimum atomic E-state index is -1.65. The molecular formula is C38H53BNO11. The summed E-state index contributed by atoms with van der Waals surface area (Å²) in [6.07, 6.45) is -5.45. The smallest absolute Gasteiger partial charge is 0.347 e. The van der Waals surface area contributed by atoms with Gasteiger partial charge in [0.1, 0.15) is 13.4 Å². The van der Waals surface area contributed by atoms with Gasteiger partial charge in [0.15, 0.2) is 18.0 Å². The zero-order valence-corrected chi connectivity index (χ0v) is 30.9. The van der Waals surface area contributed by atoms with Crippen molar-refractivity contribution in [2.24, 2.45) is 28.1 Å². The van der Waals surface area contributed by atoms with Gasteiger partial charge in [0.25, 0.3) is 0 Å². The van der Waals surface area contributed by atoms with E-state index in [1.807, 2.05) is 27.7 Å². The first kappa shape index (κ1) is 39.1. The van der Waals surface area contributed by atoms with E-state index in [4.69, 9.17) is 18.9 Å². The molecule has 11 atom stereocenters. The van der Waals surface area contributed by atoms with E-state index in [2.05, 4.69) is 5.48 Å². The van der Waals surface area contributed by atoms with Crippen molar-refractivity contribution < 1.29 is 53.5 Å². The summed E-state index contributed by atoms with van der Waals surface area (Å²) in [6, 6.07) is 8.89. The van der Waals surface area contributed by atoms with Crippen LogP contribution in [-0.2, 0) is 38.1 Å². The molecule has 5 rings (SSSR count). The van der Waals surface area contributed by atoms with Crippen LogP contribution >= 0.6 is 0 Å². The highest BCUT2D eigenvalue weighted by molar-refractivity contribution is 6.39. The van der Waals surface area contributed by atoms with Crippen LogP contribution in [0.2, 0.25) is 0 Å². The Morgan fingerprint density at radius 1 is 1.06 bits per heavy atom. The fraction of sp³-hybridized carbons (Fsp3) is 0.684. The molecule has 1 aromatic rings. The molecule has 0 unspecified atom stereocenters. The summed E-state index contributed by atoms with van der Waals surface area (Å²) in [6.45, 7) is 14.5. The summed E-state index contributed by atoms with van der Waals surface area (Å²) in [5.74, 6) is -4.71. The molecule has 3 aliphatic carbocycles. The number of ether oxygens (including phenoxy) is 4. The Morgan fingerprint density at radius 2 is 1.71 bits per heavy atom. The molecule has 4 N–H and O–H groups in total. The third kappa shape index (κ3) is 6.26. The van der Waals surface area contributed by atoms with Gasteiger partial charge in [-0.1, -0.05) is 71.9 Å². The number of carbonyl (C=O) groups is 4. The van der Waals surface area contributed by atoms with E-state index >= 15 is 4.79 Å². The molecule has 0 aromatic heterocycles. The number of hydrogen-bond acceptors (Lipinski definition) is 12. The van der Waals surface area contributed by atoms with Gasteiger partial charge in [-0.05, 0) is 48.8 Å². The Kier molecular flexibility index (Phi) is 11.0. The molecule has 0 amide bonds. The average Bonchev–Trinajstić information content (AvgIpc) is 3.10. The SMILES string of the molecule is CCC(=O)O[C@H]1C(=O)[C@@]2(C)[C@H]([C@H](C)[C@]3(O)C[C@H](OC(=O)[C@H](OC(=O)CC)[C@@H]([B]CNO)c4ccccc4)C(C)=C1C3(C)C)[C@]1(C)CO[C@@H]1C[C@@H]2O. The van der Waals surface area contributed by atoms with Crippen LogP contribution in [-0.4, -0.2) is 95.6 Å². The van der Waals surface area contributed by atoms with Crippen LogP contribution in [0.1, 0.15) is 92.5 Å². The topological polar surface area (TPSA) is 178 Å². The number of aliphatic hydroxyl groups is 2.